The Morgan fingerprint density at radius 3 is 2.75 bits per heavy atom. The smallest absolute Gasteiger partial charge is 0.255 e. The van der Waals surface area contributed by atoms with Crippen LogP contribution >= 0.6 is 0 Å². The third-order valence-electron chi connectivity index (χ3n) is 2.65. The molecule has 0 aliphatic carbocycles. The van der Waals surface area contributed by atoms with Gasteiger partial charge < -0.3 is 24.6 Å². The maximum atomic E-state index is 11.9. The number of benzene rings is 1. The van der Waals surface area contributed by atoms with Crippen molar-refractivity contribution in [2.45, 2.75) is 6.42 Å². The van der Waals surface area contributed by atoms with Crippen molar-refractivity contribution in [3.05, 3.63) is 23.8 Å². The number of carbonyl (C=O) groups excluding carboxylic acids is 1. The van der Waals surface area contributed by atoms with Crippen LogP contribution in [0.5, 0.6) is 11.5 Å². The number of rotatable bonds is 9. The molecule has 6 heteroatoms. The van der Waals surface area contributed by atoms with Crippen molar-refractivity contribution >= 4 is 5.91 Å². The van der Waals surface area contributed by atoms with E-state index in [-0.39, 0.29) is 23.0 Å². The third kappa shape index (κ3) is 5.07. The van der Waals surface area contributed by atoms with Gasteiger partial charge in [0, 0.05) is 20.3 Å². The highest BCUT2D eigenvalue weighted by atomic mass is 16.5. The fourth-order valence-electron chi connectivity index (χ4n) is 1.59. The summed E-state index contributed by atoms with van der Waals surface area (Å²) >= 11 is 0. The van der Waals surface area contributed by atoms with E-state index in [1.165, 1.54) is 7.11 Å². The molecule has 6 nitrogen and oxygen atoms in total. The first-order valence-corrected chi connectivity index (χ1v) is 6.41. The maximum Gasteiger partial charge on any atom is 0.255 e. The number of aromatic hydroxyl groups is 1. The van der Waals surface area contributed by atoms with Crippen molar-refractivity contribution in [2.75, 3.05) is 40.6 Å². The summed E-state index contributed by atoms with van der Waals surface area (Å²) in [7, 11) is 3.05. The van der Waals surface area contributed by atoms with Crippen molar-refractivity contribution in [1.29, 1.82) is 0 Å². The van der Waals surface area contributed by atoms with Crippen LogP contribution in [0.2, 0.25) is 0 Å². The monoisotopic (exact) mass is 283 g/mol. The lowest BCUT2D eigenvalue weighted by atomic mass is 10.1. The van der Waals surface area contributed by atoms with Crippen molar-refractivity contribution in [2.24, 2.45) is 0 Å². The molecule has 0 saturated heterocycles. The van der Waals surface area contributed by atoms with Crippen LogP contribution < -0.4 is 10.1 Å². The molecular formula is C14H21NO5. The second kappa shape index (κ2) is 9.17. The Morgan fingerprint density at radius 2 is 2.05 bits per heavy atom. The van der Waals surface area contributed by atoms with Gasteiger partial charge in [0.15, 0.2) is 11.5 Å². The second-order valence-corrected chi connectivity index (χ2v) is 4.07. The van der Waals surface area contributed by atoms with E-state index in [0.29, 0.717) is 32.8 Å². The topological polar surface area (TPSA) is 77.0 Å². The summed E-state index contributed by atoms with van der Waals surface area (Å²) < 4.78 is 15.1. The number of methoxy groups -OCH3 is 2. The van der Waals surface area contributed by atoms with Gasteiger partial charge in [-0.3, -0.25) is 4.79 Å². The molecule has 0 radical (unpaired) electrons. The quantitative estimate of drug-likeness (QED) is 0.666. The number of amides is 1. The summed E-state index contributed by atoms with van der Waals surface area (Å²) in [4.78, 5) is 11.9. The lowest BCUT2D eigenvalue weighted by Crippen LogP contribution is -2.25. The molecule has 0 saturated carbocycles. The summed E-state index contributed by atoms with van der Waals surface area (Å²) in [5.41, 5.74) is 0.199. The van der Waals surface area contributed by atoms with E-state index in [9.17, 15) is 9.90 Å². The third-order valence-corrected chi connectivity index (χ3v) is 2.65. The van der Waals surface area contributed by atoms with Crippen molar-refractivity contribution in [3.63, 3.8) is 0 Å². The van der Waals surface area contributed by atoms with Crippen LogP contribution in [0.4, 0.5) is 0 Å². The van der Waals surface area contributed by atoms with Gasteiger partial charge in [0.2, 0.25) is 0 Å². The van der Waals surface area contributed by atoms with Gasteiger partial charge in [-0.15, -0.1) is 0 Å². The van der Waals surface area contributed by atoms with Crippen molar-refractivity contribution < 1.29 is 24.1 Å². The van der Waals surface area contributed by atoms with Gasteiger partial charge >= 0.3 is 0 Å². The van der Waals surface area contributed by atoms with Crippen LogP contribution in [0.1, 0.15) is 16.8 Å². The van der Waals surface area contributed by atoms with E-state index in [1.807, 2.05) is 0 Å². The summed E-state index contributed by atoms with van der Waals surface area (Å²) in [5, 5.41) is 12.6. The predicted molar refractivity (Wildman–Crippen MR) is 74.3 cm³/mol. The molecule has 112 valence electrons. The van der Waals surface area contributed by atoms with Gasteiger partial charge in [0.05, 0.1) is 25.9 Å². The first kappa shape index (κ1) is 16.3. The number of ether oxygens (including phenoxy) is 3. The first-order valence-electron chi connectivity index (χ1n) is 6.41. The Kier molecular flexibility index (Phi) is 7.46. The van der Waals surface area contributed by atoms with Gasteiger partial charge in [-0.05, 0) is 18.6 Å². The Hall–Kier alpha value is -1.79. The average molecular weight is 283 g/mol. The van der Waals surface area contributed by atoms with Crippen LogP contribution in [0.15, 0.2) is 18.2 Å². The molecule has 1 aromatic carbocycles. The number of nitrogens with one attached hydrogen (secondary N) is 1. The molecule has 0 fully saturated rings. The van der Waals surface area contributed by atoms with Crippen LogP contribution in [-0.4, -0.2) is 51.6 Å². The number of carbonyl (C=O) groups is 1. The summed E-state index contributed by atoms with van der Waals surface area (Å²) in [5.74, 6) is -0.206. The van der Waals surface area contributed by atoms with Crippen LogP contribution in [0, 0.1) is 0 Å². The molecule has 1 aromatic rings. The van der Waals surface area contributed by atoms with Crippen LogP contribution in [0.3, 0.4) is 0 Å². The molecule has 0 atom stereocenters. The Balaban J connectivity index is 2.33. The first-order chi connectivity index (χ1) is 9.70. The molecule has 1 rings (SSSR count). The molecule has 0 aliphatic heterocycles. The minimum Gasteiger partial charge on any atom is -0.504 e. The molecule has 0 aromatic heterocycles. The fraction of sp³-hybridized carbons (Fsp3) is 0.500. The Bertz CT molecular complexity index is 422. The normalized spacial score (nSPS) is 10.3. The molecule has 20 heavy (non-hydrogen) atoms. The van der Waals surface area contributed by atoms with Gasteiger partial charge in [0.1, 0.15) is 0 Å². The summed E-state index contributed by atoms with van der Waals surface area (Å²) in [6.07, 6.45) is 0.695. The fourth-order valence-corrected chi connectivity index (χ4v) is 1.59. The molecule has 0 bridgehead atoms. The minimum absolute atomic E-state index is 0.149. The molecule has 1 amide bonds. The Labute approximate surface area is 118 Å². The summed E-state index contributed by atoms with van der Waals surface area (Å²) in [6.45, 7) is 2.13. The number of hydrogen-bond donors (Lipinski definition) is 2. The number of phenols is 1. The molecular weight excluding hydrogens is 262 g/mol. The predicted octanol–water partition coefficient (Wildman–Crippen LogP) is 1.18. The van der Waals surface area contributed by atoms with Gasteiger partial charge in [-0.1, -0.05) is 6.07 Å². The number of phenolic OH excluding ortho intramolecular Hbond substituents is 1. The highest BCUT2D eigenvalue weighted by Gasteiger charge is 2.13. The molecule has 0 aliphatic rings. The SMILES string of the molecule is COCCOCCCNC(=O)c1cccc(OC)c1O. The molecule has 2 N–H and O–H groups in total. The van der Waals surface area contributed by atoms with Gasteiger partial charge in [-0.2, -0.15) is 0 Å². The van der Waals surface area contributed by atoms with E-state index < -0.39 is 0 Å². The lowest BCUT2D eigenvalue weighted by Gasteiger charge is -2.09. The summed E-state index contributed by atoms with van der Waals surface area (Å²) in [6, 6.07) is 4.79. The lowest BCUT2D eigenvalue weighted by molar-refractivity contribution is 0.0688. The van der Waals surface area contributed by atoms with Gasteiger partial charge in [-0.25, -0.2) is 0 Å². The van der Waals surface area contributed by atoms with Crippen molar-refractivity contribution in [3.8, 4) is 11.5 Å². The average Bonchev–Trinajstić information content (AvgIpc) is 2.46. The maximum absolute atomic E-state index is 11.9. The van der Waals surface area contributed by atoms with E-state index in [2.05, 4.69) is 5.32 Å². The number of para-hydroxylation sites is 1. The molecule has 0 unspecified atom stereocenters. The largest absolute Gasteiger partial charge is 0.504 e. The zero-order valence-corrected chi connectivity index (χ0v) is 11.8. The highest BCUT2D eigenvalue weighted by molar-refractivity contribution is 5.97. The van der Waals surface area contributed by atoms with E-state index in [0.717, 1.165) is 0 Å². The minimum atomic E-state index is -0.335. The zero-order chi connectivity index (χ0) is 14.8. The second-order valence-electron chi connectivity index (χ2n) is 4.07. The number of hydrogen-bond acceptors (Lipinski definition) is 5. The highest BCUT2D eigenvalue weighted by Crippen LogP contribution is 2.28. The molecule has 0 spiro atoms. The van der Waals surface area contributed by atoms with Gasteiger partial charge in [0.25, 0.3) is 5.91 Å². The van der Waals surface area contributed by atoms with E-state index in [1.54, 1.807) is 25.3 Å². The standard InChI is InChI=1S/C14H21NO5/c1-18-9-10-20-8-4-7-15-14(17)11-5-3-6-12(19-2)13(11)16/h3,5-6,16H,4,7-10H2,1-2H3,(H,15,17). The van der Waals surface area contributed by atoms with E-state index >= 15 is 0 Å². The van der Waals surface area contributed by atoms with Crippen LogP contribution in [-0.2, 0) is 9.47 Å². The molecule has 0 heterocycles. The Morgan fingerprint density at radius 1 is 1.25 bits per heavy atom. The zero-order valence-electron chi connectivity index (χ0n) is 11.8. The van der Waals surface area contributed by atoms with Crippen LogP contribution in [0.25, 0.3) is 0 Å². The van der Waals surface area contributed by atoms with Crippen molar-refractivity contribution in [1.82, 2.24) is 5.32 Å². The van der Waals surface area contributed by atoms with E-state index in [4.69, 9.17) is 14.2 Å².